The number of ether oxygens (including phenoxy) is 1. The molecule has 28 heavy (non-hydrogen) atoms. The van der Waals surface area contributed by atoms with Crippen molar-refractivity contribution in [1.82, 2.24) is 5.32 Å². The lowest BCUT2D eigenvalue weighted by Gasteiger charge is -2.23. The molecule has 1 N–H and O–H groups in total. The Morgan fingerprint density at radius 1 is 1.11 bits per heavy atom. The highest BCUT2D eigenvalue weighted by atomic mass is 19.1. The maximum atomic E-state index is 14.4. The van der Waals surface area contributed by atoms with Crippen molar-refractivity contribution in [2.75, 3.05) is 13.2 Å². The predicted molar refractivity (Wildman–Crippen MR) is 106 cm³/mol. The van der Waals surface area contributed by atoms with Gasteiger partial charge in [-0.2, -0.15) is 0 Å². The second kappa shape index (κ2) is 7.19. The quantitative estimate of drug-likeness (QED) is 0.777. The van der Waals surface area contributed by atoms with Crippen molar-refractivity contribution >= 4 is 5.91 Å². The molecule has 1 unspecified atom stereocenters. The minimum absolute atomic E-state index is 0.104. The molecule has 0 bridgehead atoms. The Kier molecular flexibility index (Phi) is 5.22. The molecule has 0 aliphatic heterocycles. The van der Waals surface area contributed by atoms with E-state index in [1.807, 2.05) is 46.8 Å². The topological polar surface area (TPSA) is 38.3 Å². The van der Waals surface area contributed by atoms with Gasteiger partial charge in [-0.3, -0.25) is 4.79 Å². The van der Waals surface area contributed by atoms with Crippen molar-refractivity contribution in [3.63, 3.8) is 0 Å². The van der Waals surface area contributed by atoms with Crippen LogP contribution in [0.1, 0.15) is 42.5 Å². The molecule has 1 aliphatic carbocycles. The first-order valence-corrected chi connectivity index (χ1v) is 9.49. The van der Waals surface area contributed by atoms with Gasteiger partial charge in [0.25, 0.3) is 5.91 Å². The molecule has 150 valence electrons. The first kappa shape index (κ1) is 20.3. The van der Waals surface area contributed by atoms with Crippen LogP contribution in [-0.2, 0) is 10.2 Å². The second-order valence-corrected chi connectivity index (χ2v) is 8.49. The number of hydrogen-bond acceptors (Lipinski definition) is 2. The molecule has 3 rings (SSSR count). The van der Waals surface area contributed by atoms with E-state index in [1.165, 1.54) is 12.1 Å². The van der Waals surface area contributed by atoms with Gasteiger partial charge in [0, 0.05) is 18.0 Å². The van der Waals surface area contributed by atoms with Crippen LogP contribution < -0.4 is 10.1 Å². The van der Waals surface area contributed by atoms with Gasteiger partial charge in [-0.25, -0.2) is 8.78 Å². The number of nitrogens with one attached hydrogen (secondary N) is 1. The van der Waals surface area contributed by atoms with Gasteiger partial charge in [0.1, 0.15) is 17.4 Å². The zero-order valence-electron chi connectivity index (χ0n) is 17.1. The lowest BCUT2D eigenvalue weighted by molar-refractivity contribution is -0.123. The number of rotatable bonds is 6. The van der Waals surface area contributed by atoms with Crippen molar-refractivity contribution in [3.05, 3.63) is 64.2 Å². The highest BCUT2D eigenvalue weighted by Crippen LogP contribution is 2.64. The predicted octanol–water partition coefficient (Wildman–Crippen LogP) is 4.75. The smallest absolute Gasteiger partial charge is 0.257 e. The van der Waals surface area contributed by atoms with Gasteiger partial charge < -0.3 is 10.1 Å². The number of aryl methyl sites for hydroxylation is 2. The Hall–Kier alpha value is -2.43. The minimum atomic E-state index is -0.601. The molecule has 2 aromatic rings. The SMILES string of the molecule is Cc1ccc(C)c(OCC(=O)NCC2(c3ccc(F)cc3F)CC2(C)C)c1C. The third-order valence-corrected chi connectivity index (χ3v) is 6.17. The van der Waals surface area contributed by atoms with Crippen molar-refractivity contribution in [3.8, 4) is 5.75 Å². The average Bonchev–Trinajstić information content (AvgIpc) is 3.18. The Morgan fingerprint density at radius 2 is 1.75 bits per heavy atom. The molecule has 0 radical (unpaired) electrons. The second-order valence-electron chi connectivity index (χ2n) is 8.49. The summed E-state index contributed by atoms with van der Waals surface area (Å²) in [6.07, 6.45) is 0.722. The molecule has 1 saturated carbocycles. The van der Waals surface area contributed by atoms with Gasteiger partial charge >= 0.3 is 0 Å². The summed E-state index contributed by atoms with van der Waals surface area (Å²) in [6.45, 7) is 10.1. The Morgan fingerprint density at radius 3 is 2.36 bits per heavy atom. The van der Waals surface area contributed by atoms with Crippen LogP contribution in [0.4, 0.5) is 8.78 Å². The van der Waals surface area contributed by atoms with Crippen LogP contribution in [0, 0.1) is 37.8 Å². The molecule has 0 aromatic heterocycles. The molecule has 1 atom stereocenters. The van der Waals surface area contributed by atoms with E-state index in [1.54, 1.807) is 0 Å². The number of halogens is 2. The van der Waals surface area contributed by atoms with Crippen LogP contribution in [0.3, 0.4) is 0 Å². The molecule has 1 amide bonds. The summed E-state index contributed by atoms with van der Waals surface area (Å²) in [4.78, 5) is 12.4. The number of hydrogen-bond donors (Lipinski definition) is 1. The molecular formula is C23H27F2NO2. The Labute approximate surface area is 165 Å². The molecule has 0 saturated heterocycles. The van der Waals surface area contributed by atoms with Crippen LogP contribution in [0.15, 0.2) is 30.3 Å². The standard InChI is InChI=1S/C23H27F2NO2/c1-14-6-7-15(2)21(16(14)3)28-11-20(27)26-13-23(12-22(23,4)5)18-9-8-17(24)10-19(18)25/h6-10H,11-13H2,1-5H3,(H,26,27). The minimum Gasteiger partial charge on any atom is -0.483 e. The van der Waals surface area contributed by atoms with Gasteiger partial charge in [0.15, 0.2) is 6.61 Å². The molecular weight excluding hydrogens is 360 g/mol. The van der Waals surface area contributed by atoms with Crippen molar-refractivity contribution in [2.24, 2.45) is 5.41 Å². The summed E-state index contributed by atoms with van der Waals surface area (Å²) in [6, 6.07) is 7.65. The van der Waals surface area contributed by atoms with E-state index in [0.29, 0.717) is 5.56 Å². The summed E-state index contributed by atoms with van der Waals surface area (Å²) in [5.74, 6) is -0.704. The number of carbonyl (C=O) groups excluding carboxylic acids is 1. The van der Waals surface area contributed by atoms with E-state index in [-0.39, 0.29) is 24.5 Å². The lowest BCUT2D eigenvalue weighted by atomic mass is 9.87. The van der Waals surface area contributed by atoms with E-state index < -0.39 is 17.0 Å². The summed E-state index contributed by atoms with van der Waals surface area (Å²) in [5, 5.41) is 2.88. The molecule has 0 spiro atoms. The number of carbonyl (C=O) groups is 1. The summed E-state index contributed by atoms with van der Waals surface area (Å²) in [7, 11) is 0. The average molecular weight is 387 g/mol. The molecule has 0 heterocycles. The first-order chi connectivity index (χ1) is 13.1. The number of amides is 1. The van der Waals surface area contributed by atoms with E-state index in [0.717, 1.165) is 34.9 Å². The largest absolute Gasteiger partial charge is 0.483 e. The fourth-order valence-corrected chi connectivity index (χ4v) is 4.03. The molecule has 1 fully saturated rings. The monoisotopic (exact) mass is 387 g/mol. The molecule has 1 aliphatic rings. The summed E-state index contributed by atoms with van der Waals surface area (Å²) < 4.78 is 33.4. The van der Waals surface area contributed by atoms with Crippen LogP contribution in [0.5, 0.6) is 5.75 Å². The fourth-order valence-electron chi connectivity index (χ4n) is 4.03. The van der Waals surface area contributed by atoms with Gasteiger partial charge in [-0.15, -0.1) is 0 Å². The third kappa shape index (κ3) is 3.62. The van der Waals surface area contributed by atoms with Crippen LogP contribution >= 0.6 is 0 Å². The molecule has 2 aromatic carbocycles. The van der Waals surface area contributed by atoms with Gasteiger partial charge in [-0.05, 0) is 60.9 Å². The Balaban J connectivity index is 1.67. The highest BCUT2D eigenvalue weighted by Gasteiger charge is 2.62. The van der Waals surface area contributed by atoms with Gasteiger partial charge in [-0.1, -0.05) is 32.0 Å². The normalized spacial score (nSPS) is 20.0. The Bertz CT molecular complexity index is 923. The van der Waals surface area contributed by atoms with Crippen molar-refractivity contribution < 1.29 is 18.3 Å². The maximum Gasteiger partial charge on any atom is 0.257 e. The highest BCUT2D eigenvalue weighted by molar-refractivity contribution is 5.78. The van der Waals surface area contributed by atoms with Gasteiger partial charge in [0.2, 0.25) is 0 Å². The van der Waals surface area contributed by atoms with Crippen LogP contribution in [0.2, 0.25) is 0 Å². The van der Waals surface area contributed by atoms with E-state index in [9.17, 15) is 13.6 Å². The number of benzene rings is 2. The fraction of sp³-hybridized carbons (Fsp3) is 0.435. The zero-order chi connectivity index (χ0) is 20.7. The summed E-state index contributed by atoms with van der Waals surface area (Å²) >= 11 is 0. The van der Waals surface area contributed by atoms with Crippen LogP contribution in [0.25, 0.3) is 0 Å². The van der Waals surface area contributed by atoms with E-state index in [4.69, 9.17) is 4.74 Å². The third-order valence-electron chi connectivity index (χ3n) is 6.17. The van der Waals surface area contributed by atoms with Gasteiger partial charge in [0.05, 0.1) is 0 Å². The van der Waals surface area contributed by atoms with E-state index >= 15 is 0 Å². The zero-order valence-corrected chi connectivity index (χ0v) is 17.1. The molecule has 3 nitrogen and oxygen atoms in total. The summed E-state index contributed by atoms with van der Waals surface area (Å²) in [5.41, 5.74) is 2.83. The lowest BCUT2D eigenvalue weighted by Crippen LogP contribution is -2.37. The van der Waals surface area contributed by atoms with E-state index in [2.05, 4.69) is 5.32 Å². The van der Waals surface area contributed by atoms with Crippen LogP contribution in [-0.4, -0.2) is 19.1 Å². The van der Waals surface area contributed by atoms with Crippen molar-refractivity contribution in [1.29, 1.82) is 0 Å². The van der Waals surface area contributed by atoms with Crippen molar-refractivity contribution in [2.45, 2.75) is 46.5 Å². The molecule has 5 heteroatoms. The maximum absolute atomic E-state index is 14.4. The first-order valence-electron chi connectivity index (χ1n) is 9.49.